The highest BCUT2D eigenvalue weighted by atomic mass is 16.5. The number of benzene rings is 2. The molecule has 4 nitrogen and oxygen atoms in total. The van der Waals surface area contributed by atoms with E-state index in [1.54, 1.807) is 0 Å². The van der Waals surface area contributed by atoms with Crippen LogP contribution in [0.3, 0.4) is 0 Å². The fourth-order valence-corrected chi connectivity index (χ4v) is 2.56. The molecule has 2 aromatic rings. The van der Waals surface area contributed by atoms with Gasteiger partial charge in [0.15, 0.2) is 17.7 Å². The van der Waals surface area contributed by atoms with Crippen molar-refractivity contribution >= 4 is 11.7 Å². The Kier molecular flexibility index (Phi) is 3.83. The lowest BCUT2D eigenvalue weighted by Gasteiger charge is -2.22. The van der Waals surface area contributed by atoms with Crippen molar-refractivity contribution in [2.75, 3.05) is 14.2 Å². The van der Waals surface area contributed by atoms with Crippen molar-refractivity contribution in [3.05, 3.63) is 77.5 Å². The zero-order valence-electron chi connectivity index (χ0n) is 12.5. The maximum Gasteiger partial charge on any atom is 0.358 e. The van der Waals surface area contributed by atoms with Crippen LogP contribution in [-0.2, 0) is 14.3 Å². The van der Waals surface area contributed by atoms with Gasteiger partial charge < -0.3 is 14.4 Å². The molecule has 0 fully saturated rings. The number of methoxy groups -OCH3 is 1. The standard InChI is InChI=1S/C18H17NO3/c1-19-15(18(20)21-2)16(13-9-5-3-6-10-13)22-17(19)14-11-7-4-8-12-14/h3-12,17H,1-2H3. The minimum Gasteiger partial charge on any atom is -0.464 e. The van der Waals surface area contributed by atoms with E-state index in [4.69, 9.17) is 9.47 Å². The lowest BCUT2D eigenvalue weighted by Crippen LogP contribution is -2.24. The first-order chi connectivity index (χ1) is 10.7. The molecule has 0 spiro atoms. The SMILES string of the molecule is COC(=O)C1=C(c2ccccc2)OC(c2ccccc2)N1C. The third kappa shape index (κ3) is 2.44. The van der Waals surface area contributed by atoms with E-state index in [1.165, 1.54) is 7.11 Å². The summed E-state index contributed by atoms with van der Waals surface area (Å²) < 4.78 is 11.0. The Balaban J connectivity index is 2.04. The average molecular weight is 295 g/mol. The second-order valence-corrected chi connectivity index (χ2v) is 5.03. The molecule has 0 saturated carbocycles. The van der Waals surface area contributed by atoms with Gasteiger partial charge in [0.05, 0.1) is 7.11 Å². The second-order valence-electron chi connectivity index (χ2n) is 5.03. The summed E-state index contributed by atoms with van der Waals surface area (Å²) in [6.45, 7) is 0. The molecule has 1 heterocycles. The van der Waals surface area contributed by atoms with Crippen LogP contribution in [0.25, 0.3) is 5.76 Å². The van der Waals surface area contributed by atoms with Gasteiger partial charge in [-0.25, -0.2) is 4.79 Å². The number of hydrogen-bond acceptors (Lipinski definition) is 4. The highest BCUT2D eigenvalue weighted by Crippen LogP contribution is 2.40. The van der Waals surface area contributed by atoms with E-state index in [1.807, 2.05) is 72.6 Å². The molecule has 1 aliphatic rings. The highest BCUT2D eigenvalue weighted by Gasteiger charge is 2.37. The Hall–Kier alpha value is -2.75. The molecule has 0 aromatic heterocycles. The molecule has 4 heteroatoms. The average Bonchev–Trinajstić information content (AvgIpc) is 2.93. The molecule has 0 aliphatic carbocycles. The van der Waals surface area contributed by atoms with Crippen molar-refractivity contribution in [1.29, 1.82) is 0 Å². The Labute approximate surface area is 129 Å². The summed E-state index contributed by atoms with van der Waals surface area (Å²) in [5, 5.41) is 0. The highest BCUT2D eigenvalue weighted by molar-refractivity contribution is 5.96. The number of nitrogens with zero attached hydrogens (tertiary/aromatic N) is 1. The molecule has 22 heavy (non-hydrogen) atoms. The van der Waals surface area contributed by atoms with Crippen LogP contribution in [0.15, 0.2) is 66.4 Å². The quantitative estimate of drug-likeness (QED) is 0.815. The molecule has 0 N–H and O–H groups in total. The third-order valence-corrected chi connectivity index (χ3v) is 3.65. The summed E-state index contributed by atoms with van der Waals surface area (Å²) in [6.07, 6.45) is -0.342. The minimum atomic E-state index is -0.403. The van der Waals surface area contributed by atoms with Gasteiger partial charge in [0, 0.05) is 18.2 Å². The number of carbonyl (C=O) groups excluding carboxylic acids is 1. The van der Waals surface area contributed by atoms with Gasteiger partial charge in [0.2, 0.25) is 0 Å². The number of carbonyl (C=O) groups is 1. The Bertz CT molecular complexity index is 695. The topological polar surface area (TPSA) is 38.8 Å². The van der Waals surface area contributed by atoms with Crippen LogP contribution >= 0.6 is 0 Å². The van der Waals surface area contributed by atoms with Crippen LogP contribution in [0.1, 0.15) is 17.4 Å². The molecule has 1 unspecified atom stereocenters. The van der Waals surface area contributed by atoms with E-state index in [0.29, 0.717) is 11.5 Å². The van der Waals surface area contributed by atoms with Gasteiger partial charge in [-0.3, -0.25) is 0 Å². The van der Waals surface area contributed by atoms with Gasteiger partial charge in [0.1, 0.15) is 0 Å². The van der Waals surface area contributed by atoms with Gasteiger partial charge in [0.25, 0.3) is 0 Å². The molecule has 2 aromatic carbocycles. The monoisotopic (exact) mass is 295 g/mol. The van der Waals surface area contributed by atoms with Crippen molar-refractivity contribution in [2.24, 2.45) is 0 Å². The molecule has 1 aliphatic heterocycles. The van der Waals surface area contributed by atoms with Gasteiger partial charge in [-0.15, -0.1) is 0 Å². The van der Waals surface area contributed by atoms with Gasteiger partial charge in [-0.05, 0) is 0 Å². The predicted octanol–water partition coefficient (Wildman–Crippen LogP) is 3.19. The van der Waals surface area contributed by atoms with Crippen LogP contribution in [0.2, 0.25) is 0 Å². The lowest BCUT2D eigenvalue weighted by atomic mass is 10.1. The molecule has 0 saturated heterocycles. The molecular weight excluding hydrogens is 278 g/mol. The van der Waals surface area contributed by atoms with E-state index < -0.39 is 5.97 Å². The smallest absolute Gasteiger partial charge is 0.358 e. The van der Waals surface area contributed by atoms with Crippen LogP contribution < -0.4 is 0 Å². The number of likely N-dealkylation sites (N-methyl/N-ethyl adjacent to an activating group) is 1. The largest absolute Gasteiger partial charge is 0.464 e. The first-order valence-electron chi connectivity index (χ1n) is 7.05. The maximum absolute atomic E-state index is 12.2. The van der Waals surface area contributed by atoms with E-state index in [0.717, 1.165) is 11.1 Å². The number of hydrogen-bond donors (Lipinski definition) is 0. The second kappa shape index (κ2) is 5.93. The summed E-state index contributed by atoms with van der Waals surface area (Å²) in [5.74, 6) is 0.142. The summed E-state index contributed by atoms with van der Waals surface area (Å²) in [4.78, 5) is 14.0. The first-order valence-corrected chi connectivity index (χ1v) is 7.05. The maximum atomic E-state index is 12.2. The van der Waals surface area contributed by atoms with Crippen molar-refractivity contribution in [3.8, 4) is 0 Å². The van der Waals surface area contributed by atoms with Crippen LogP contribution in [0.5, 0.6) is 0 Å². The predicted molar refractivity (Wildman–Crippen MR) is 83.4 cm³/mol. The van der Waals surface area contributed by atoms with Gasteiger partial charge >= 0.3 is 5.97 Å². The van der Waals surface area contributed by atoms with E-state index in [-0.39, 0.29) is 6.23 Å². The van der Waals surface area contributed by atoms with Gasteiger partial charge in [-0.2, -0.15) is 0 Å². The lowest BCUT2D eigenvalue weighted by molar-refractivity contribution is -0.138. The van der Waals surface area contributed by atoms with E-state index in [2.05, 4.69) is 0 Å². The first kappa shape index (κ1) is 14.2. The van der Waals surface area contributed by atoms with Crippen LogP contribution in [0, 0.1) is 0 Å². The van der Waals surface area contributed by atoms with Gasteiger partial charge in [-0.1, -0.05) is 60.7 Å². The fourth-order valence-electron chi connectivity index (χ4n) is 2.56. The van der Waals surface area contributed by atoms with Crippen LogP contribution in [0.4, 0.5) is 0 Å². The Morgan fingerprint density at radius 2 is 1.64 bits per heavy atom. The zero-order valence-corrected chi connectivity index (χ0v) is 12.5. The van der Waals surface area contributed by atoms with Crippen LogP contribution in [-0.4, -0.2) is 25.0 Å². The fraction of sp³-hybridized carbons (Fsp3) is 0.167. The summed E-state index contributed by atoms with van der Waals surface area (Å²) in [6, 6.07) is 19.4. The third-order valence-electron chi connectivity index (χ3n) is 3.65. The minimum absolute atomic E-state index is 0.342. The molecule has 0 radical (unpaired) electrons. The molecular formula is C18H17NO3. The molecule has 112 valence electrons. The summed E-state index contributed by atoms with van der Waals surface area (Å²) in [7, 11) is 3.21. The zero-order chi connectivity index (χ0) is 15.5. The number of rotatable bonds is 3. The molecule has 0 amide bonds. The van der Waals surface area contributed by atoms with Crippen molar-refractivity contribution < 1.29 is 14.3 Å². The van der Waals surface area contributed by atoms with Crippen molar-refractivity contribution in [1.82, 2.24) is 4.90 Å². The summed E-state index contributed by atoms with van der Waals surface area (Å²) in [5.41, 5.74) is 2.27. The molecule has 3 rings (SSSR count). The number of esters is 1. The van der Waals surface area contributed by atoms with E-state index >= 15 is 0 Å². The van der Waals surface area contributed by atoms with Crippen molar-refractivity contribution in [2.45, 2.75) is 6.23 Å². The van der Waals surface area contributed by atoms with Crippen molar-refractivity contribution in [3.63, 3.8) is 0 Å². The summed E-state index contributed by atoms with van der Waals surface area (Å²) >= 11 is 0. The molecule has 1 atom stereocenters. The number of ether oxygens (including phenoxy) is 2. The van der Waals surface area contributed by atoms with E-state index in [9.17, 15) is 4.79 Å². The molecule has 0 bridgehead atoms. The Morgan fingerprint density at radius 1 is 1.05 bits per heavy atom. The Morgan fingerprint density at radius 3 is 2.23 bits per heavy atom. The normalized spacial score (nSPS) is 17.4.